The molecule has 1 aromatic heterocycles. The van der Waals surface area contributed by atoms with Crippen molar-refractivity contribution in [3.63, 3.8) is 0 Å². The molecule has 4 nitrogen and oxygen atoms in total. The summed E-state index contributed by atoms with van der Waals surface area (Å²) in [7, 11) is 3.26. The highest BCUT2D eigenvalue weighted by atomic mass is 19.1. The number of benzene rings is 2. The van der Waals surface area contributed by atoms with Crippen LogP contribution in [-0.2, 0) is 6.42 Å². The van der Waals surface area contributed by atoms with E-state index in [-0.39, 0.29) is 5.82 Å². The third kappa shape index (κ3) is 4.36. The molecule has 0 bridgehead atoms. The Hall–Kier alpha value is -2.53. The first kappa shape index (κ1) is 22.7. The summed E-state index contributed by atoms with van der Waals surface area (Å²) in [5.74, 6) is 1.62. The molecule has 1 aliphatic heterocycles. The average Bonchev–Trinajstić information content (AvgIpc) is 3.21. The topological polar surface area (TPSA) is 37.5 Å². The minimum atomic E-state index is -0.160. The van der Waals surface area contributed by atoms with Gasteiger partial charge in [0.05, 0.1) is 19.7 Å². The number of unbranched alkanes of at least 4 members (excludes halogenated alkanes) is 1. The Morgan fingerprint density at radius 1 is 1.03 bits per heavy atom. The first-order valence-corrected chi connectivity index (χ1v) is 11.9. The summed E-state index contributed by atoms with van der Waals surface area (Å²) in [5.41, 5.74) is 4.80. The van der Waals surface area contributed by atoms with Gasteiger partial charge in [-0.15, -0.1) is 0 Å². The number of halogens is 1. The van der Waals surface area contributed by atoms with E-state index in [1.807, 2.05) is 18.2 Å². The lowest BCUT2D eigenvalue weighted by atomic mass is 9.88. The van der Waals surface area contributed by atoms with Gasteiger partial charge in [-0.1, -0.05) is 20.3 Å². The zero-order valence-electron chi connectivity index (χ0n) is 19.8. The molecule has 4 rings (SSSR count). The third-order valence-corrected chi connectivity index (χ3v) is 6.90. The van der Waals surface area contributed by atoms with Crippen LogP contribution >= 0.6 is 0 Å². The molecular weight excluding hydrogens is 403 g/mol. The summed E-state index contributed by atoms with van der Waals surface area (Å²) >= 11 is 0. The Labute approximate surface area is 190 Å². The van der Waals surface area contributed by atoms with Gasteiger partial charge in [-0.2, -0.15) is 0 Å². The Bertz CT molecular complexity index is 1070. The van der Waals surface area contributed by atoms with Crippen LogP contribution in [0.15, 0.2) is 30.3 Å². The molecule has 2 heterocycles. The largest absolute Gasteiger partial charge is 0.493 e. The number of methoxy groups -OCH3 is 2. The lowest BCUT2D eigenvalue weighted by Crippen LogP contribution is -2.33. The summed E-state index contributed by atoms with van der Waals surface area (Å²) in [6.07, 6.45) is 5.51. The third-order valence-electron chi connectivity index (χ3n) is 6.90. The molecule has 0 spiro atoms. The van der Waals surface area contributed by atoms with E-state index in [0.29, 0.717) is 22.9 Å². The molecule has 1 fully saturated rings. The number of nitrogens with zero attached hydrogens (tertiary/aromatic N) is 1. The van der Waals surface area contributed by atoms with Gasteiger partial charge in [0.25, 0.3) is 0 Å². The SMILES string of the molecule is CCCCN1CCC(c2cc(F)c3[nH]c(-c4ccc(OC)c(OC)c4)c(CC)c3c2)CC1. The molecule has 1 N–H and O–H groups in total. The number of hydrogen-bond donors (Lipinski definition) is 1. The van der Waals surface area contributed by atoms with Crippen molar-refractivity contribution >= 4 is 10.9 Å². The molecule has 0 radical (unpaired) electrons. The average molecular weight is 439 g/mol. The van der Waals surface area contributed by atoms with Crippen LogP contribution in [0.5, 0.6) is 11.5 Å². The second kappa shape index (κ2) is 9.95. The summed E-state index contributed by atoms with van der Waals surface area (Å²) in [6.45, 7) is 7.76. The van der Waals surface area contributed by atoms with Crippen LogP contribution in [0.1, 0.15) is 56.6 Å². The fourth-order valence-corrected chi connectivity index (χ4v) is 5.04. The molecule has 5 heteroatoms. The minimum absolute atomic E-state index is 0.160. The van der Waals surface area contributed by atoms with Crippen molar-refractivity contribution in [2.75, 3.05) is 33.9 Å². The second-order valence-corrected chi connectivity index (χ2v) is 8.80. The zero-order chi connectivity index (χ0) is 22.7. The van der Waals surface area contributed by atoms with Crippen molar-refractivity contribution in [3.05, 3.63) is 47.3 Å². The van der Waals surface area contributed by atoms with Crippen LogP contribution in [0.4, 0.5) is 4.39 Å². The minimum Gasteiger partial charge on any atom is -0.493 e. The number of aromatic amines is 1. The Morgan fingerprint density at radius 3 is 2.44 bits per heavy atom. The molecule has 1 aliphatic rings. The number of aromatic nitrogens is 1. The Morgan fingerprint density at radius 2 is 1.78 bits per heavy atom. The maximum absolute atomic E-state index is 15.3. The molecule has 0 amide bonds. The van der Waals surface area contributed by atoms with Crippen LogP contribution in [0.3, 0.4) is 0 Å². The molecule has 32 heavy (non-hydrogen) atoms. The van der Waals surface area contributed by atoms with E-state index in [4.69, 9.17) is 9.47 Å². The smallest absolute Gasteiger partial charge is 0.161 e. The Balaban J connectivity index is 1.68. The van der Waals surface area contributed by atoms with Gasteiger partial charge in [0.15, 0.2) is 11.5 Å². The maximum Gasteiger partial charge on any atom is 0.161 e. The fraction of sp³-hybridized carbons (Fsp3) is 0.481. The van der Waals surface area contributed by atoms with Crippen molar-refractivity contribution in [2.24, 2.45) is 0 Å². The van der Waals surface area contributed by atoms with Crippen molar-refractivity contribution in [3.8, 4) is 22.8 Å². The lowest BCUT2D eigenvalue weighted by molar-refractivity contribution is 0.209. The van der Waals surface area contributed by atoms with Crippen LogP contribution in [0.2, 0.25) is 0 Å². The van der Waals surface area contributed by atoms with E-state index >= 15 is 4.39 Å². The molecule has 2 aromatic carbocycles. The molecule has 0 atom stereocenters. The first-order valence-electron chi connectivity index (χ1n) is 11.9. The number of aryl methyl sites for hydroxylation is 1. The molecule has 0 unspecified atom stereocenters. The first-order chi connectivity index (χ1) is 15.6. The van der Waals surface area contributed by atoms with Crippen LogP contribution in [0, 0.1) is 5.82 Å². The molecular formula is C27H35FN2O2. The van der Waals surface area contributed by atoms with Gasteiger partial charge in [-0.25, -0.2) is 4.39 Å². The van der Waals surface area contributed by atoms with Crippen molar-refractivity contribution in [2.45, 2.75) is 51.9 Å². The predicted octanol–water partition coefficient (Wildman–Crippen LogP) is 6.53. The number of nitrogens with one attached hydrogen (secondary N) is 1. The number of likely N-dealkylation sites (tertiary alicyclic amines) is 1. The monoisotopic (exact) mass is 438 g/mol. The number of H-pyrrole nitrogens is 1. The molecule has 0 aliphatic carbocycles. The summed E-state index contributed by atoms with van der Waals surface area (Å²) in [5, 5.41) is 1.00. The Kier molecular flexibility index (Phi) is 7.04. The van der Waals surface area contributed by atoms with Crippen molar-refractivity contribution in [1.82, 2.24) is 9.88 Å². The zero-order valence-corrected chi connectivity index (χ0v) is 19.8. The van der Waals surface area contributed by atoms with Crippen molar-refractivity contribution < 1.29 is 13.9 Å². The summed E-state index contributed by atoms with van der Waals surface area (Å²) in [4.78, 5) is 5.92. The van der Waals surface area contributed by atoms with E-state index in [2.05, 4.69) is 29.8 Å². The number of fused-ring (bicyclic) bond motifs is 1. The van der Waals surface area contributed by atoms with E-state index in [1.165, 1.54) is 19.4 Å². The van der Waals surface area contributed by atoms with Crippen molar-refractivity contribution in [1.29, 1.82) is 0 Å². The quantitative estimate of drug-likeness (QED) is 0.434. The number of hydrogen-bond acceptors (Lipinski definition) is 3. The van der Waals surface area contributed by atoms with Gasteiger partial charge in [-0.05, 0) is 92.7 Å². The van der Waals surface area contributed by atoms with Gasteiger partial charge in [-0.3, -0.25) is 0 Å². The standard InChI is InChI=1S/C27H35FN2O2/c1-5-7-12-30-13-10-18(11-14-30)20-15-22-21(6-2)26(29-27(22)23(28)16-20)19-8-9-24(31-3)25(17-19)32-4/h8-9,15-18,29H,5-7,10-14H2,1-4H3. The van der Waals surface area contributed by atoms with Crippen LogP contribution < -0.4 is 9.47 Å². The number of piperidine rings is 1. The molecule has 1 saturated heterocycles. The highest BCUT2D eigenvalue weighted by Gasteiger charge is 2.23. The fourth-order valence-electron chi connectivity index (χ4n) is 5.04. The molecule has 3 aromatic rings. The second-order valence-electron chi connectivity index (χ2n) is 8.80. The van der Waals surface area contributed by atoms with Gasteiger partial charge >= 0.3 is 0 Å². The van der Waals surface area contributed by atoms with E-state index < -0.39 is 0 Å². The van der Waals surface area contributed by atoms with E-state index in [1.54, 1.807) is 20.3 Å². The predicted molar refractivity (Wildman–Crippen MR) is 129 cm³/mol. The van der Waals surface area contributed by atoms with Gasteiger partial charge in [0.1, 0.15) is 5.82 Å². The van der Waals surface area contributed by atoms with Gasteiger partial charge in [0.2, 0.25) is 0 Å². The summed E-state index contributed by atoms with van der Waals surface area (Å²) in [6, 6.07) is 9.82. The van der Waals surface area contributed by atoms with Gasteiger partial charge in [0, 0.05) is 16.6 Å². The lowest BCUT2D eigenvalue weighted by Gasteiger charge is -2.32. The van der Waals surface area contributed by atoms with E-state index in [0.717, 1.165) is 60.1 Å². The normalized spacial score (nSPS) is 15.4. The van der Waals surface area contributed by atoms with Gasteiger partial charge < -0.3 is 19.4 Å². The van der Waals surface area contributed by atoms with Crippen LogP contribution in [-0.4, -0.2) is 43.7 Å². The molecule has 172 valence electrons. The number of rotatable bonds is 8. The van der Waals surface area contributed by atoms with Crippen LogP contribution in [0.25, 0.3) is 22.2 Å². The molecule has 0 saturated carbocycles. The highest BCUT2D eigenvalue weighted by Crippen LogP contribution is 2.39. The summed E-state index contributed by atoms with van der Waals surface area (Å²) < 4.78 is 26.1. The number of ether oxygens (including phenoxy) is 2. The van der Waals surface area contributed by atoms with E-state index in [9.17, 15) is 0 Å². The highest BCUT2D eigenvalue weighted by molar-refractivity contribution is 5.92. The maximum atomic E-state index is 15.3.